The Balaban J connectivity index is 2.57. The molecule has 68 valence electrons. The summed E-state index contributed by atoms with van der Waals surface area (Å²) >= 11 is 0. The maximum Gasteiger partial charge on any atom is 0.0990 e. The van der Waals surface area contributed by atoms with Crippen molar-refractivity contribution in [3.8, 4) is 0 Å². The molecule has 0 aliphatic carbocycles. The first-order valence-corrected chi connectivity index (χ1v) is 4.27. The Bertz CT molecular complexity index is 407. The molecule has 0 radical (unpaired) electrons. The van der Waals surface area contributed by atoms with Gasteiger partial charge in [0, 0.05) is 11.6 Å². The predicted octanol–water partition coefficient (Wildman–Crippen LogP) is 1.17. The molecule has 1 unspecified atom stereocenters. The summed E-state index contributed by atoms with van der Waals surface area (Å²) in [5, 5.41) is 8.53. The van der Waals surface area contributed by atoms with Crippen LogP contribution in [0.25, 0.3) is 10.9 Å². The highest BCUT2D eigenvalue weighted by atomic mass is 15.3. The second-order valence-corrected chi connectivity index (χ2v) is 2.99. The lowest BCUT2D eigenvalue weighted by atomic mass is 10.3. The van der Waals surface area contributed by atoms with Gasteiger partial charge in [0.2, 0.25) is 0 Å². The van der Waals surface area contributed by atoms with Crippen LogP contribution in [0.1, 0.15) is 13.1 Å². The highest BCUT2D eigenvalue weighted by Crippen LogP contribution is 2.14. The SMILES string of the molecule is CNC(C)n1ncc2ccncc21. The van der Waals surface area contributed by atoms with Crippen molar-refractivity contribution in [2.24, 2.45) is 0 Å². The van der Waals surface area contributed by atoms with Gasteiger partial charge in [-0.2, -0.15) is 5.10 Å². The van der Waals surface area contributed by atoms with Crippen molar-refractivity contribution >= 4 is 10.9 Å². The van der Waals surface area contributed by atoms with Crippen LogP contribution in [0.3, 0.4) is 0 Å². The molecule has 0 aromatic carbocycles. The number of aromatic nitrogens is 3. The molecule has 0 spiro atoms. The van der Waals surface area contributed by atoms with Crippen LogP contribution in [0.5, 0.6) is 0 Å². The Morgan fingerprint density at radius 2 is 2.31 bits per heavy atom. The van der Waals surface area contributed by atoms with Crippen LogP contribution in [0, 0.1) is 0 Å². The number of hydrogen-bond acceptors (Lipinski definition) is 3. The van der Waals surface area contributed by atoms with Crippen molar-refractivity contribution in [3.63, 3.8) is 0 Å². The number of nitrogens with zero attached hydrogens (tertiary/aromatic N) is 3. The minimum absolute atomic E-state index is 0.196. The molecule has 0 bridgehead atoms. The summed E-state index contributed by atoms with van der Waals surface area (Å²) < 4.78 is 1.92. The molecular formula is C9H12N4. The molecule has 1 atom stereocenters. The van der Waals surface area contributed by atoms with E-state index in [1.165, 1.54) is 0 Å². The van der Waals surface area contributed by atoms with E-state index in [1.807, 2.05) is 30.2 Å². The molecule has 1 N–H and O–H groups in total. The van der Waals surface area contributed by atoms with E-state index in [0.29, 0.717) is 0 Å². The fraction of sp³-hybridized carbons (Fsp3) is 0.333. The molecule has 0 aliphatic heterocycles. The van der Waals surface area contributed by atoms with Gasteiger partial charge in [0.05, 0.1) is 24.1 Å². The summed E-state index contributed by atoms with van der Waals surface area (Å²) in [6, 6.07) is 1.96. The summed E-state index contributed by atoms with van der Waals surface area (Å²) in [4.78, 5) is 4.07. The van der Waals surface area contributed by atoms with Crippen molar-refractivity contribution in [1.29, 1.82) is 0 Å². The van der Waals surface area contributed by atoms with E-state index in [-0.39, 0.29) is 6.17 Å². The number of nitrogens with one attached hydrogen (secondary N) is 1. The van der Waals surface area contributed by atoms with Gasteiger partial charge < -0.3 is 0 Å². The molecule has 2 aromatic heterocycles. The van der Waals surface area contributed by atoms with Gasteiger partial charge in [-0.25, -0.2) is 4.68 Å². The molecule has 2 heterocycles. The first kappa shape index (κ1) is 8.19. The maximum atomic E-state index is 4.28. The van der Waals surface area contributed by atoms with Gasteiger partial charge in [-0.15, -0.1) is 0 Å². The van der Waals surface area contributed by atoms with Gasteiger partial charge in [0.1, 0.15) is 0 Å². The first-order chi connectivity index (χ1) is 6.33. The van der Waals surface area contributed by atoms with Crippen LogP contribution in [0.15, 0.2) is 24.7 Å². The Morgan fingerprint density at radius 1 is 1.46 bits per heavy atom. The molecule has 0 saturated heterocycles. The largest absolute Gasteiger partial charge is 0.299 e. The second-order valence-electron chi connectivity index (χ2n) is 2.99. The molecule has 0 saturated carbocycles. The number of fused-ring (bicyclic) bond motifs is 1. The van der Waals surface area contributed by atoms with E-state index in [4.69, 9.17) is 0 Å². The third-order valence-corrected chi connectivity index (χ3v) is 2.19. The average Bonchev–Trinajstić information content (AvgIpc) is 2.60. The van der Waals surface area contributed by atoms with Gasteiger partial charge in [0.15, 0.2) is 0 Å². The maximum absolute atomic E-state index is 4.28. The fourth-order valence-corrected chi connectivity index (χ4v) is 1.31. The van der Waals surface area contributed by atoms with E-state index in [0.717, 1.165) is 10.9 Å². The molecular weight excluding hydrogens is 164 g/mol. The van der Waals surface area contributed by atoms with Gasteiger partial charge in [0.25, 0.3) is 0 Å². The lowest BCUT2D eigenvalue weighted by Crippen LogP contribution is -2.20. The highest BCUT2D eigenvalue weighted by Gasteiger charge is 2.06. The summed E-state index contributed by atoms with van der Waals surface area (Å²) in [5.41, 5.74) is 1.06. The zero-order valence-corrected chi connectivity index (χ0v) is 7.73. The fourth-order valence-electron chi connectivity index (χ4n) is 1.31. The van der Waals surface area contributed by atoms with Gasteiger partial charge >= 0.3 is 0 Å². The van der Waals surface area contributed by atoms with Crippen LogP contribution in [-0.4, -0.2) is 21.8 Å². The molecule has 0 amide bonds. The zero-order valence-electron chi connectivity index (χ0n) is 7.73. The highest BCUT2D eigenvalue weighted by molar-refractivity contribution is 5.77. The van der Waals surface area contributed by atoms with E-state index in [9.17, 15) is 0 Å². The third kappa shape index (κ3) is 1.29. The average molecular weight is 176 g/mol. The summed E-state index contributed by atoms with van der Waals surface area (Å²) in [7, 11) is 1.91. The van der Waals surface area contributed by atoms with Crippen LogP contribution >= 0.6 is 0 Å². The lowest BCUT2D eigenvalue weighted by Gasteiger charge is -2.11. The van der Waals surface area contributed by atoms with E-state index < -0.39 is 0 Å². The normalized spacial score (nSPS) is 13.4. The molecule has 2 aromatic rings. The third-order valence-electron chi connectivity index (χ3n) is 2.19. The van der Waals surface area contributed by atoms with Crippen molar-refractivity contribution < 1.29 is 0 Å². The van der Waals surface area contributed by atoms with E-state index in [1.54, 1.807) is 6.20 Å². The summed E-state index contributed by atoms with van der Waals surface area (Å²) in [6.45, 7) is 2.06. The van der Waals surface area contributed by atoms with Crippen LogP contribution in [0.2, 0.25) is 0 Å². The zero-order chi connectivity index (χ0) is 9.26. The molecule has 2 rings (SSSR count). The second kappa shape index (κ2) is 3.14. The topological polar surface area (TPSA) is 42.7 Å². The Hall–Kier alpha value is -1.42. The van der Waals surface area contributed by atoms with E-state index in [2.05, 4.69) is 22.3 Å². The predicted molar refractivity (Wildman–Crippen MR) is 51.3 cm³/mol. The number of rotatable bonds is 2. The number of pyridine rings is 1. The Labute approximate surface area is 76.6 Å². The van der Waals surface area contributed by atoms with Crippen LogP contribution in [-0.2, 0) is 0 Å². The smallest absolute Gasteiger partial charge is 0.0990 e. The lowest BCUT2D eigenvalue weighted by molar-refractivity contribution is 0.445. The van der Waals surface area contributed by atoms with E-state index >= 15 is 0 Å². The minimum Gasteiger partial charge on any atom is -0.299 e. The monoisotopic (exact) mass is 176 g/mol. The van der Waals surface area contributed by atoms with Crippen molar-refractivity contribution in [2.75, 3.05) is 7.05 Å². The van der Waals surface area contributed by atoms with Gasteiger partial charge in [-0.3, -0.25) is 10.3 Å². The minimum atomic E-state index is 0.196. The van der Waals surface area contributed by atoms with Crippen molar-refractivity contribution in [3.05, 3.63) is 24.7 Å². The van der Waals surface area contributed by atoms with Gasteiger partial charge in [-0.1, -0.05) is 0 Å². The van der Waals surface area contributed by atoms with Crippen molar-refractivity contribution in [1.82, 2.24) is 20.1 Å². The Kier molecular flexibility index (Phi) is 1.98. The molecule has 13 heavy (non-hydrogen) atoms. The number of hydrogen-bond donors (Lipinski definition) is 1. The summed E-state index contributed by atoms with van der Waals surface area (Å²) in [5.74, 6) is 0. The quantitative estimate of drug-likeness (QED) is 0.746. The molecule has 4 nitrogen and oxygen atoms in total. The standard InChI is InChI=1S/C9H12N4/c1-7(10-2)13-9-6-11-4-3-8(9)5-12-13/h3-7,10H,1-2H3. The van der Waals surface area contributed by atoms with Crippen LogP contribution in [0.4, 0.5) is 0 Å². The van der Waals surface area contributed by atoms with Gasteiger partial charge in [-0.05, 0) is 20.0 Å². The molecule has 0 aliphatic rings. The Morgan fingerprint density at radius 3 is 3.08 bits per heavy atom. The van der Waals surface area contributed by atoms with Crippen LogP contribution < -0.4 is 5.32 Å². The molecule has 4 heteroatoms. The summed E-state index contributed by atoms with van der Waals surface area (Å²) in [6.07, 6.45) is 5.65. The first-order valence-electron chi connectivity index (χ1n) is 4.27. The molecule has 0 fully saturated rings. The van der Waals surface area contributed by atoms with Crippen molar-refractivity contribution in [2.45, 2.75) is 13.1 Å².